The summed E-state index contributed by atoms with van der Waals surface area (Å²) >= 11 is 0. The molecule has 20 heavy (non-hydrogen) atoms. The highest BCUT2D eigenvalue weighted by Gasteiger charge is 2.23. The highest BCUT2D eigenvalue weighted by Crippen LogP contribution is 2.28. The van der Waals surface area contributed by atoms with Crippen molar-refractivity contribution in [3.63, 3.8) is 0 Å². The van der Waals surface area contributed by atoms with Gasteiger partial charge in [-0.2, -0.15) is 0 Å². The third kappa shape index (κ3) is 5.66. The van der Waals surface area contributed by atoms with E-state index in [-0.39, 0.29) is 0 Å². The first-order valence-electron chi connectivity index (χ1n) is 8.18. The lowest BCUT2D eigenvalue weighted by molar-refractivity contribution is 0.267. The van der Waals surface area contributed by atoms with Crippen molar-refractivity contribution in [2.24, 2.45) is 5.41 Å². The van der Waals surface area contributed by atoms with Gasteiger partial charge in [-0.1, -0.05) is 72.2 Å². The average Bonchev–Trinajstić information content (AvgIpc) is 2.37. The van der Waals surface area contributed by atoms with E-state index in [0.717, 1.165) is 6.54 Å². The maximum Gasteiger partial charge on any atom is 0.00107 e. The Balaban J connectivity index is 2.73. The molecule has 0 radical (unpaired) electrons. The molecule has 0 bridgehead atoms. The summed E-state index contributed by atoms with van der Waals surface area (Å²) in [6.45, 7) is 14.8. The average molecular weight is 275 g/mol. The summed E-state index contributed by atoms with van der Waals surface area (Å²) in [5.74, 6) is 0.619. The topological polar surface area (TPSA) is 12.0 Å². The number of benzene rings is 1. The Hall–Kier alpha value is -0.820. The zero-order chi connectivity index (χ0) is 15.2. The van der Waals surface area contributed by atoms with Crippen LogP contribution < -0.4 is 5.32 Å². The van der Waals surface area contributed by atoms with E-state index in [9.17, 15) is 0 Å². The van der Waals surface area contributed by atoms with E-state index in [0.29, 0.717) is 17.4 Å². The van der Waals surface area contributed by atoms with Crippen LogP contribution in [0.25, 0.3) is 0 Å². The van der Waals surface area contributed by atoms with E-state index in [1.165, 1.54) is 30.4 Å². The molecule has 0 saturated carbocycles. The minimum absolute atomic E-state index is 0.359. The summed E-state index contributed by atoms with van der Waals surface area (Å²) in [6.07, 6.45) is 3.69. The van der Waals surface area contributed by atoms with Gasteiger partial charge in [0.1, 0.15) is 0 Å². The van der Waals surface area contributed by atoms with Crippen LogP contribution >= 0.6 is 0 Å². The maximum absolute atomic E-state index is 3.62. The van der Waals surface area contributed by atoms with Gasteiger partial charge in [-0.15, -0.1) is 0 Å². The molecule has 0 aliphatic rings. The number of hydrogen-bond acceptors (Lipinski definition) is 1. The highest BCUT2D eigenvalue weighted by atomic mass is 14.9. The summed E-state index contributed by atoms with van der Waals surface area (Å²) in [4.78, 5) is 0. The molecule has 0 aliphatic carbocycles. The van der Waals surface area contributed by atoms with Crippen LogP contribution in [0.1, 0.15) is 71.4 Å². The molecular formula is C19H33N. The maximum atomic E-state index is 3.62. The second-order valence-corrected chi connectivity index (χ2v) is 7.17. The molecule has 1 N–H and O–H groups in total. The first kappa shape index (κ1) is 17.2. The van der Waals surface area contributed by atoms with E-state index in [4.69, 9.17) is 0 Å². The quantitative estimate of drug-likeness (QED) is 0.691. The number of rotatable bonds is 8. The lowest BCUT2D eigenvalue weighted by Crippen LogP contribution is -2.37. The Morgan fingerprint density at radius 3 is 2.10 bits per heavy atom. The van der Waals surface area contributed by atoms with Gasteiger partial charge in [-0.25, -0.2) is 0 Å². The molecule has 1 rings (SSSR count). The van der Waals surface area contributed by atoms with Gasteiger partial charge in [-0.3, -0.25) is 0 Å². The largest absolute Gasteiger partial charge is 0.314 e. The number of hydrogen-bond donors (Lipinski definition) is 1. The summed E-state index contributed by atoms with van der Waals surface area (Å²) in [7, 11) is 0. The molecule has 0 fully saturated rings. The Morgan fingerprint density at radius 2 is 1.65 bits per heavy atom. The zero-order valence-corrected chi connectivity index (χ0v) is 14.3. The predicted octanol–water partition coefficient (Wildman–Crippen LogP) is 5.16. The molecule has 1 heteroatoms. The third-order valence-corrected chi connectivity index (χ3v) is 4.07. The Morgan fingerprint density at radius 1 is 1.05 bits per heavy atom. The van der Waals surface area contributed by atoms with Crippen LogP contribution in [0.3, 0.4) is 0 Å². The molecule has 1 aromatic rings. The minimum atomic E-state index is 0.359. The fraction of sp³-hybridized carbons (Fsp3) is 0.684. The Labute approximate surface area is 126 Å². The number of nitrogens with one attached hydrogen (secondary N) is 1. The van der Waals surface area contributed by atoms with E-state index in [1.807, 2.05) is 0 Å². The summed E-state index contributed by atoms with van der Waals surface area (Å²) in [5, 5.41) is 3.62. The van der Waals surface area contributed by atoms with Gasteiger partial charge in [0.25, 0.3) is 0 Å². The molecule has 0 aromatic heterocycles. The van der Waals surface area contributed by atoms with Crippen LogP contribution in [-0.2, 0) is 6.42 Å². The second-order valence-electron chi connectivity index (χ2n) is 7.17. The van der Waals surface area contributed by atoms with Gasteiger partial charge in [-0.05, 0) is 35.3 Å². The van der Waals surface area contributed by atoms with Crippen molar-refractivity contribution >= 4 is 0 Å². The van der Waals surface area contributed by atoms with Crippen LogP contribution in [-0.4, -0.2) is 12.6 Å². The molecule has 0 amide bonds. The van der Waals surface area contributed by atoms with E-state index >= 15 is 0 Å². The van der Waals surface area contributed by atoms with Crippen molar-refractivity contribution in [3.8, 4) is 0 Å². The normalized spacial score (nSPS) is 14.8. The second kappa shape index (κ2) is 7.83. The molecule has 1 atom stereocenters. The summed E-state index contributed by atoms with van der Waals surface area (Å²) < 4.78 is 0. The smallest absolute Gasteiger partial charge is 0.00107 e. The molecule has 0 saturated heterocycles. The first-order valence-corrected chi connectivity index (χ1v) is 8.18. The molecule has 0 aliphatic heterocycles. The van der Waals surface area contributed by atoms with Crippen molar-refractivity contribution in [1.29, 1.82) is 0 Å². The molecule has 1 unspecified atom stereocenters. The zero-order valence-electron chi connectivity index (χ0n) is 14.3. The van der Waals surface area contributed by atoms with Crippen molar-refractivity contribution in [2.75, 3.05) is 6.54 Å². The molecule has 1 aromatic carbocycles. The Bertz CT molecular complexity index is 377. The Kier molecular flexibility index (Phi) is 6.75. The van der Waals surface area contributed by atoms with Crippen LogP contribution in [0.5, 0.6) is 0 Å². The monoisotopic (exact) mass is 275 g/mol. The van der Waals surface area contributed by atoms with Gasteiger partial charge in [0.05, 0.1) is 0 Å². The van der Waals surface area contributed by atoms with Gasteiger partial charge >= 0.3 is 0 Å². The van der Waals surface area contributed by atoms with Gasteiger partial charge < -0.3 is 5.32 Å². The molecule has 1 nitrogen and oxygen atoms in total. The van der Waals surface area contributed by atoms with Gasteiger partial charge in [0.2, 0.25) is 0 Å². The van der Waals surface area contributed by atoms with E-state index < -0.39 is 0 Å². The molecule has 114 valence electrons. The van der Waals surface area contributed by atoms with Crippen molar-refractivity contribution in [1.82, 2.24) is 5.32 Å². The van der Waals surface area contributed by atoms with Crippen LogP contribution in [0.15, 0.2) is 24.3 Å². The van der Waals surface area contributed by atoms with Crippen molar-refractivity contribution in [2.45, 2.75) is 72.8 Å². The van der Waals surface area contributed by atoms with Crippen molar-refractivity contribution < 1.29 is 0 Å². The third-order valence-electron chi connectivity index (χ3n) is 4.07. The summed E-state index contributed by atoms with van der Waals surface area (Å²) in [5.41, 5.74) is 3.26. The fourth-order valence-electron chi connectivity index (χ4n) is 2.81. The van der Waals surface area contributed by atoms with Crippen molar-refractivity contribution in [3.05, 3.63) is 35.4 Å². The standard InChI is InChI=1S/C19H33N/c1-7-12-19(6,14-20-16(4)5)13-17-8-10-18(11-9-17)15(2)3/h8-11,15-16,20H,7,12-14H2,1-6H3. The SMILES string of the molecule is CCCC(C)(CNC(C)C)Cc1ccc(C(C)C)cc1. The van der Waals surface area contributed by atoms with Gasteiger partial charge in [0.15, 0.2) is 0 Å². The van der Waals surface area contributed by atoms with Gasteiger partial charge in [0, 0.05) is 12.6 Å². The molecule has 0 heterocycles. The van der Waals surface area contributed by atoms with E-state index in [1.54, 1.807) is 0 Å². The van der Waals surface area contributed by atoms with Crippen LogP contribution in [0.4, 0.5) is 0 Å². The fourth-order valence-corrected chi connectivity index (χ4v) is 2.81. The van der Waals surface area contributed by atoms with Crippen LogP contribution in [0.2, 0.25) is 0 Å². The molecular weight excluding hydrogens is 242 g/mol. The highest BCUT2D eigenvalue weighted by molar-refractivity contribution is 5.25. The lowest BCUT2D eigenvalue weighted by atomic mass is 9.79. The minimum Gasteiger partial charge on any atom is -0.314 e. The predicted molar refractivity (Wildman–Crippen MR) is 90.4 cm³/mol. The van der Waals surface area contributed by atoms with E-state index in [2.05, 4.69) is 71.1 Å². The summed E-state index contributed by atoms with van der Waals surface area (Å²) in [6, 6.07) is 9.79. The molecule has 0 spiro atoms. The van der Waals surface area contributed by atoms with Crippen LogP contribution in [0, 0.1) is 5.41 Å². The lowest BCUT2D eigenvalue weighted by Gasteiger charge is -2.31. The first-order chi connectivity index (χ1) is 9.36.